The smallest absolute Gasteiger partial charge is 0.256 e. The maximum absolute atomic E-state index is 12.6. The van der Waals surface area contributed by atoms with Crippen molar-refractivity contribution in [3.8, 4) is 5.75 Å². The summed E-state index contributed by atoms with van der Waals surface area (Å²) in [5.74, 6) is 0.0936. The van der Waals surface area contributed by atoms with Gasteiger partial charge in [0.1, 0.15) is 11.3 Å². The summed E-state index contributed by atoms with van der Waals surface area (Å²) in [6.45, 7) is 3.11. The Balaban J connectivity index is 1.53. The Labute approximate surface area is 175 Å². The first kappa shape index (κ1) is 21.5. The Morgan fingerprint density at radius 3 is 2.73 bits per heavy atom. The molecule has 3 rings (SSSR count). The second-order valence-electron chi connectivity index (χ2n) is 7.11. The van der Waals surface area contributed by atoms with Gasteiger partial charge in [0.05, 0.1) is 18.7 Å². The third-order valence-electron chi connectivity index (χ3n) is 4.94. The van der Waals surface area contributed by atoms with Crippen LogP contribution in [0.25, 0.3) is 10.9 Å². The van der Waals surface area contributed by atoms with Gasteiger partial charge in [-0.2, -0.15) is 0 Å². The molecule has 158 valence electrons. The highest BCUT2D eigenvalue weighted by Crippen LogP contribution is 2.16. The van der Waals surface area contributed by atoms with Gasteiger partial charge in [0, 0.05) is 37.3 Å². The van der Waals surface area contributed by atoms with Gasteiger partial charge in [-0.1, -0.05) is 31.2 Å². The number of hydrogen-bond acceptors (Lipinski definition) is 5. The molecule has 0 bridgehead atoms. The molecule has 0 aliphatic carbocycles. The molecule has 1 atom stereocenters. The minimum absolute atomic E-state index is 0.00390. The number of pyridine rings is 1. The first-order valence-electron chi connectivity index (χ1n) is 9.96. The lowest BCUT2D eigenvalue weighted by atomic mass is 10.1. The predicted octanol–water partition coefficient (Wildman–Crippen LogP) is 1.98. The molecule has 0 aliphatic rings. The van der Waals surface area contributed by atoms with Crippen LogP contribution in [0.4, 0.5) is 0 Å². The summed E-state index contributed by atoms with van der Waals surface area (Å²) in [5, 5.41) is 16.3. The summed E-state index contributed by atoms with van der Waals surface area (Å²) in [5.41, 5.74) is 2.63. The Kier molecular flexibility index (Phi) is 7.21. The fourth-order valence-electron chi connectivity index (χ4n) is 3.22. The number of H-pyrrole nitrogens is 1. The van der Waals surface area contributed by atoms with Gasteiger partial charge in [-0.25, -0.2) is 0 Å². The van der Waals surface area contributed by atoms with Gasteiger partial charge in [0.25, 0.3) is 5.91 Å². The Morgan fingerprint density at radius 1 is 1.17 bits per heavy atom. The van der Waals surface area contributed by atoms with Crippen LogP contribution in [0.15, 0.2) is 53.5 Å². The molecular weight excluding hydrogens is 382 g/mol. The van der Waals surface area contributed by atoms with Crippen molar-refractivity contribution in [1.29, 1.82) is 0 Å². The summed E-state index contributed by atoms with van der Waals surface area (Å²) in [7, 11) is 1.55. The number of benzene rings is 2. The van der Waals surface area contributed by atoms with Crippen molar-refractivity contribution in [1.82, 2.24) is 15.6 Å². The molecule has 0 radical (unpaired) electrons. The second-order valence-corrected chi connectivity index (χ2v) is 7.11. The fraction of sp³-hybridized carbons (Fsp3) is 0.304. The molecule has 0 spiro atoms. The molecule has 0 saturated carbocycles. The van der Waals surface area contributed by atoms with E-state index in [1.807, 2.05) is 12.1 Å². The van der Waals surface area contributed by atoms with Gasteiger partial charge in [-0.05, 0) is 29.7 Å². The van der Waals surface area contributed by atoms with E-state index in [9.17, 15) is 14.7 Å². The van der Waals surface area contributed by atoms with E-state index in [1.54, 1.807) is 25.3 Å². The van der Waals surface area contributed by atoms with Crippen molar-refractivity contribution in [2.24, 2.45) is 0 Å². The van der Waals surface area contributed by atoms with E-state index in [-0.39, 0.29) is 17.5 Å². The van der Waals surface area contributed by atoms with Gasteiger partial charge in [-0.3, -0.25) is 9.59 Å². The van der Waals surface area contributed by atoms with Crippen LogP contribution >= 0.6 is 0 Å². The standard InChI is InChI=1S/C23H27N3O4/c1-3-15-5-4-6-16(9-15)11-24-12-17(27)13-26-23(29)20-14-25-21-10-18(30-2)7-8-19(21)22(20)28/h4-10,14,17,24,27H,3,11-13H2,1-2H3,(H,25,28)(H,26,29). The van der Waals surface area contributed by atoms with E-state index in [0.29, 0.717) is 29.7 Å². The van der Waals surface area contributed by atoms with Crippen molar-refractivity contribution in [2.45, 2.75) is 26.0 Å². The number of methoxy groups -OCH3 is 1. The molecule has 1 aromatic heterocycles. The van der Waals surface area contributed by atoms with Gasteiger partial charge >= 0.3 is 0 Å². The number of carbonyl (C=O) groups excluding carboxylic acids is 1. The number of carbonyl (C=O) groups is 1. The highest BCUT2D eigenvalue weighted by molar-refractivity contribution is 5.97. The zero-order valence-electron chi connectivity index (χ0n) is 17.2. The fourth-order valence-corrected chi connectivity index (χ4v) is 3.22. The largest absolute Gasteiger partial charge is 0.497 e. The number of hydrogen-bond donors (Lipinski definition) is 4. The first-order valence-corrected chi connectivity index (χ1v) is 9.96. The number of amides is 1. The Morgan fingerprint density at radius 2 is 1.97 bits per heavy atom. The lowest BCUT2D eigenvalue weighted by Crippen LogP contribution is -2.39. The van der Waals surface area contributed by atoms with E-state index in [0.717, 1.165) is 12.0 Å². The van der Waals surface area contributed by atoms with E-state index in [1.165, 1.54) is 11.8 Å². The van der Waals surface area contributed by atoms with E-state index >= 15 is 0 Å². The molecule has 7 nitrogen and oxygen atoms in total. The monoisotopic (exact) mass is 409 g/mol. The molecule has 1 unspecified atom stereocenters. The van der Waals surface area contributed by atoms with Crippen molar-refractivity contribution >= 4 is 16.8 Å². The number of aromatic nitrogens is 1. The van der Waals surface area contributed by atoms with Crippen LogP contribution in [0.2, 0.25) is 0 Å². The highest BCUT2D eigenvalue weighted by Gasteiger charge is 2.14. The van der Waals surface area contributed by atoms with Crippen LogP contribution in [0.3, 0.4) is 0 Å². The maximum atomic E-state index is 12.6. The van der Waals surface area contributed by atoms with E-state index < -0.39 is 12.0 Å². The molecule has 7 heteroatoms. The van der Waals surface area contributed by atoms with Crippen LogP contribution in [-0.2, 0) is 13.0 Å². The molecule has 4 N–H and O–H groups in total. The zero-order chi connectivity index (χ0) is 21.5. The Hall–Kier alpha value is -3.16. The molecule has 0 aliphatic heterocycles. The van der Waals surface area contributed by atoms with Crippen molar-refractivity contribution in [3.05, 3.63) is 75.6 Å². The van der Waals surface area contributed by atoms with Crippen LogP contribution in [0.5, 0.6) is 5.75 Å². The average Bonchev–Trinajstić information content (AvgIpc) is 2.77. The molecule has 1 amide bonds. The Bertz CT molecular complexity index is 1080. The lowest BCUT2D eigenvalue weighted by Gasteiger charge is -2.13. The maximum Gasteiger partial charge on any atom is 0.256 e. The van der Waals surface area contributed by atoms with Crippen LogP contribution in [-0.4, -0.2) is 42.3 Å². The molecule has 3 aromatic rings. The number of aliphatic hydroxyl groups excluding tert-OH is 1. The quantitative estimate of drug-likeness (QED) is 0.433. The summed E-state index contributed by atoms with van der Waals surface area (Å²) in [6.07, 6.45) is 1.58. The molecule has 0 fully saturated rings. The van der Waals surface area contributed by atoms with Crippen molar-refractivity contribution in [2.75, 3.05) is 20.2 Å². The number of nitrogens with one attached hydrogen (secondary N) is 3. The van der Waals surface area contributed by atoms with E-state index in [4.69, 9.17) is 4.74 Å². The minimum atomic E-state index is -0.771. The topological polar surface area (TPSA) is 103 Å². The number of fused-ring (bicyclic) bond motifs is 1. The van der Waals surface area contributed by atoms with Crippen molar-refractivity contribution in [3.63, 3.8) is 0 Å². The van der Waals surface area contributed by atoms with Crippen molar-refractivity contribution < 1.29 is 14.6 Å². The summed E-state index contributed by atoms with van der Waals surface area (Å²) < 4.78 is 5.14. The molecule has 2 aromatic carbocycles. The summed E-state index contributed by atoms with van der Waals surface area (Å²) in [6, 6.07) is 13.2. The van der Waals surface area contributed by atoms with Crippen LogP contribution in [0, 0.1) is 0 Å². The summed E-state index contributed by atoms with van der Waals surface area (Å²) >= 11 is 0. The number of aliphatic hydroxyl groups is 1. The number of ether oxygens (including phenoxy) is 1. The molecule has 1 heterocycles. The molecular formula is C23H27N3O4. The third-order valence-corrected chi connectivity index (χ3v) is 4.94. The van der Waals surface area contributed by atoms with Gasteiger partial charge in [0.2, 0.25) is 5.43 Å². The summed E-state index contributed by atoms with van der Waals surface area (Å²) in [4.78, 5) is 28.0. The number of rotatable bonds is 9. The van der Waals surface area contributed by atoms with Gasteiger partial charge in [0.15, 0.2) is 0 Å². The molecule has 30 heavy (non-hydrogen) atoms. The number of aromatic amines is 1. The van der Waals surface area contributed by atoms with Crippen LogP contribution in [0.1, 0.15) is 28.4 Å². The minimum Gasteiger partial charge on any atom is -0.497 e. The second kappa shape index (κ2) is 10.0. The highest BCUT2D eigenvalue weighted by atomic mass is 16.5. The SMILES string of the molecule is CCc1cccc(CNCC(O)CNC(=O)c2c[nH]c3cc(OC)ccc3c2=O)c1. The van der Waals surface area contributed by atoms with E-state index in [2.05, 4.69) is 34.7 Å². The third kappa shape index (κ3) is 5.25. The van der Waals surface area contributed by atoms with Crippen LogP contribution < -0.4 is 20.8 Å². The predicted molar refractivity (Wildman–Crippen MR) is 117 cm³/mol. The average molecular weight is 409 g/mol. The first-order chi connectivity index (χ1) is 14.5. The number of aryl methyl sites for hydroxylation is 1. The zero-order valence-corrected chi connectivity index (χ0v) is 17.2. The molecule has 0 saturated heterocycles. The normalized spacial score (nSPS) is 12.0. The van der Waals surface area contributed by atoms with Gasteiger partial charge < -0.3 is 25.5 Å². The van der Waals surface area contributed by atoms with Gasteiger partial charge in [-0.15, -0.1) is 0 Å². The lowest BCUT2D eigenvalue weighted by molar-refractivity contribution is 0.0914.